The fourth-order valence-corrected chi connectivity index (χ4v) is 2.86. The van der Waals surface area contributed by atoms with Gasteiger partial charge in [0.15, 0.2) is 0 Å². The maximum atomic E-state index is 13.6. The number of benzene rings is 2. The van der Waals surface area contributed by atoms with Crippen molar-refractivity contribution < 1.29 is 9.13 Å². The molecule has 0 aromatic heterocycles. The number of halogens is 3. The lowest BCUT2D eigenvalue weighted by Crippen LogP contribution is -2.15. The summed E-state index contributed by atoms with van der Waals surface area (Å²) in [5.41, 5.74) is 1.03. The third-order valence-corrected chi connectivity index (χ3v) is 4.16. The van der Waals surface area contributed by atoms with Gasteiger partial charge >= 0.3 is 0 Å². The predicted molar refractivity (Wildman–Crippen MR) is 87.7 cm³/mol. The highest BCUT2D eigenvalue weighted by molar-refractivity contribution is 9.10. The lowest BCUT2D eigenvalue weighted by atomic mass is 10.0. The van der Waals surface area contributed by atoms with Gasteiger partial charge in [-0.3, -0.25) is 0 Å². The standard InChI is InChI=1S/C16H16BrClFNO/c1-3-14(20-2)10-6-4-5-7-15(10)21-16-9-13(19)12(18)8-11(16)17/h4-9,14,20H,3H2,1-2H3. The topological polar surface area (TPSA) is 21.3 Å². The summed E-state index contributed by atoms with van der Waals surface area (Å²) in [6.45, 7) is 2.09. The highest BCUT2D eigenvalue weighted by Crippen LogP contribution is 2.36. The highest BCUT2D eigenvalue weighted by atomic mass is 79.9. The van der Waals surface area contributed by atoms with Crippen molar-refractivity contribution in [3.8, 4) is 11.5 Å². The largest absolute Gasteiger partial charge is 0.456 e. The zero-order valence-corrected chi connectivity index (χ0v) is 14.1. The van der Waals surface area contributed by atoms with Gasteiger partial charge in [0.2, 0.25) is 0 Å². The molecule has 0 fully saturated rings. The van der Waals surface area contributed by atoms with E-state index in [2.05, 4.69) is 28.2 Å². The van der Waals surface area contributed by atoms with Crippen LogP contribution in [0.2, 0.25) is 5.02 Å². The molecule has 0 bridgehead atoms. The Morgan fingerprint density at radius 2 is 2.00 bits per heavy atom. The van der Waals surface area contributed by atoms with Crippen LogP contribution in [0.3, 0.4) is 0 Å². The Balaban J connectivity index is 2.38. The summed E-state index contributed by atoms with van der Waals surface area (Å²) in [4.78, 5) is 0. The zero-order chi connectivity index (χ0) is 15.4. The van der Waals surface area contributed by atoms with Gasteiger partial charge in [-0.15, -0.1) is 0 Å². The Labute approximate surface area is 137 Å². The van der Waals surface area contributed by atoms with Gasteiger partial charge in [0, 0.05) is 17.7 Å². The maximum absolute atomic E-state index is 13.6. The van der Waals surface area contributed by atoms with Gasteiger partial charge in [0.1, 0.15) is 17.3 Å². The molecular formula is C16H16BrClFNO. The predicted octanol–water partition coefficient (Wildman–Crippen LogP) is 5.70. The van der Waals surface area contributed by atoms with E-state index in [1.165, 1.54) is 12.1 Å². The molecule has 0 saturated carbocycles. The molecule has 0 saturated heterocycles. The van der Waals surface area contributed by atoms with Crippen molar-refractivity contribution in [3.05, 3.63) is 57.3 Å². The van der Waals surface area contributed by atoms with E-state index in [0.717, 1.165) is 12.0 Å². The summed E-state index contributed by atoms with van der Waals surface area (Å²) in [5.74, 6) is 0.587. The van der Waals surface area contributed by atoms with Gasteiger partial charge in [-0.1, -0.05) is 36.7 Å². The summed E-state index contributed by atoms with van der Waals surface area (Å²) in [6, 6.07) is 10.7. The van der Waals surface area contributed by atoms with Crippen LogP contribution in [0.25, 0.3) is 0 Å². The first-order chi connectivity index (χ1) is 10.1. The van der Waals surface area contributed by atoms with Crippen LogP contribution in [-0.2, 0) is 0 Å². The van der Waals surface area contributed by atoms with Crippen molar-refractivity contribution in [1.82, 2.24) is 5.32 Å². The Hall–Kier alpha value is -1.10. The molecule has 1 N–H and O–H groups in total. The smallest absolute Gasteiger partial charge is 0.145 e. The molecule has 0 aliphatic rings. The maximum Gasteiger partial charge on any atom is 0.145 e. The molecule has 2 aromatic carbocycles. The van der Waals surface area contributed by atoms with Gasteiger partial charge in [-0.05, 0) is 41.5 Å². The first-order valence-corrected chi connectivity index (χ1v) is 7.82. The monoisotopic (exact) mass is 371 g/mol. The minimum atomic E-state index is -0.506. The van der Waals surface area contributed by atoms with E-state index in [4.69, 9.17) is 16.3 Å². The fraction of sp³-hybridized carbons (Fsp3) is 0.250. The minimum absolute atomic E-state index is 0.0594. The summed E-state index contributed by atoms with van der Waals surface area (Å²) < 4.78 is 20.1. The molecule has 2 rings (SSSR count). The molecule has 0 radical (unpaired) electrons. The van der Waals surface area contributed by atoms with Gasteiger partial charge < -0.3 is 10.1 Å². The third kappa shape index (κ3) is 3.76. The number of ether oxygens (including phenoxy) is 1. The molecule has 0 heterocycles. The summed E-state index contributed by atoms with van der Waals surface area (Å²) in [6.07, 6.45) is 0.924. The van der Waals surface area contributed by atoms with Crippen molar-refractivity contribution in [2.75, 3.05) is 7.05 Å². The Morgan fingerprint density at radius 3 is 2.67 bits per heavy atom. The number of hydrogen-bond donors (Lipinski definition) is 1. The average molecular weight is 373 g/mol. The van der Waals surface area contributed by atoms with Gasteiger partial charge in [0.05, 0.1) is 9.50 Å². The lowest BCUT2D eigenvalue weighted by Gasteiger charge is -2.19. The van der Waals surface area contributed by atoms with Crippen LogP contribution in [0.4, 0.5) is 4.39 Å². The normalized spacial score (nSPS) is 12.2. The molecule has 5 heteroatoms. The molecule has 0 spiro atoms. The van der Waals surface area contributed by atoms with Crippen LogP contribution in [0.5, 0.6) is 11.5 Å². The Morgan fingerprint density at radius 1 is 1.29 bits per heavy atom. The van der Waals surface area contributed by atoms with Crippen molar-refractivity contribution in [2.24, 2.45) is 0 Å². The minimum Gasteiger partial charge on any atom is -0.456 e. The second kappa shape index (κ2) is 7.25. The van der Waals surface area contributed by atoms with Crippen molar-refractivity contribution >= 4 is 27.5 Å². The molecule has 1 atom stereocenters. The molecular weight excluding hydrogens is 357 g/mol. The van der Waals surface area contributed by atoms with Gasteiger partial charge in [-0.2, -0.15) is 0 Å². The second-order valence-corrected chi connectivity index (χ2v) is 5.85. The van der Waals surface area contributed by atoms with Crippen LogP contribution in [-0.4, -0.2) is 7.05 Å². The summed E-state index contributed by atoms with van der Waals surface area (Å²) >= 11 is 9.09. The molecule has 2 aromatic rings. The first-order valence-electron chi connectivity index (χ1n) is 6.65. The first kappa shape index (κ1) is 16.3. The van der Waals surface area contributed by atoms with Gasteiger partial charge in [0.25, 0.3) is 0 Å². The second-order valence-electron chi connectivity index (χ2n) is 4.59. The van der Waals surface area contributed by atoms with Crippen LogP contribution in [0.15, 0.2) is 40.9 Å². The van der Waals surface area contributed by atoms with Gasteiger partial charge in [-0.25, -0.2) is 4.39 Å². The van der Waals surface area contributed by atoms with E-state index in [0.29, 0.717) is 16.0 Å². The van der Waals surface area contributed by atoms with Crippen molar-refractivity contribution in [1.29, 1.82) is 0 Å². The van der Waals surface area contributed by atoms with E-state index < -0.39 is 5.82 Å². The molecule has 0 amide bonds. The molecule has 1 unspecified atom stereocenters. The Kier molecular flexibility index (Phi) is 5.62. The van der Waals surface area contributed by atoms with Crippen LogP contribution >= 0.6 is 27.5 Å². The molecule has 112 valence electrons. The molecule has 0 aliphatic heterocycles. The highest BCUT2D eigenvalue weighted by Gasteiger charge is 2.15. The van der Waals surface area contributed by atoms with Crippen molar-refractivity contribution in [3.63, 3.8) is 0 Å². The molecule has 2 nitrogen and oxygen atoms in total. The van der Waals surface area contributed by atoms with Crippen LogP contribution in [0, 0.1) is 5.82 Å². The number of rotatable bonds is 5. The third-order valence-electron chi connectivity index (χ3n) is 3.25. The summed E-state index contributed by atoms with van der Waals surface area (Å²) in [7, 11) is 1.91. The van der Waals surface area contributed by atoms with Crippen LogP contribution in [0.1, 0.15) is 24.9 Å². The zero-order valence-electron chi connectivity index (χ0n) is 11.8. The van der Waals surface area contributed by atoms with Crippen molar-refractivity contribution in [2.45, 2.75) is 19.4 Å². The molecule has 21 heavy (non-hydrogen) atoms. The lowest BCUT2D eigenvalue weighted by molar-refractivity contribution is 0.452. The molecule has 0 aliphatic carbocycles. The fourth-order valence-electron chi connectivity index (χ4n) is 2.14. The average Bonchev–Trinajstić information content (AvgIpc) is 2.47. The number of nitrogens with one attached hydrogen (secondary N) is 1. The van der Waals surface area contributed by atoms with E-state index >= 15 is 0 Å². The number of hydrogen-bond acceptors (Lipinski definition) is 2. The Bertz CT molecular complexity index is 632. The number of para-hydroxylation sites is 1. The van der Waals surface area contributed by atoms with Crippen LogP contribution < -0.4 is 10.1 Å². The SMILES string of the molecule is CCC(NC)c1ccccc1Oc1cc(F)c(Cl)cc1Br. The summed E-state index contributed by atoms with van der Waals surface area (Å²) in [5, 5.41) is 3.30. The van der Waals surface area contributed by atoms with E-state index in [1.807, 2.05) is 31.3 Å². The van der Waals surface area contributed by atoms with E-state index in [-0.39, 0.29) is 11.1 Å². The van der Waals surface area contributed by atoms with E-state index in [1.54, 1.807) is 0 Å². The quantitative estimate of drug-likeness (QED) is 0.679. The van der Waals surface area contributed by atoms with E-state index in [9.17, 15) is 4.39 Å².